The van der Waals surface area contributed by atoms with E-state index in [0.717, 1.165) is 112 Å². The van der Waals surface area contributed by atoms with Gasteiger partial charge < -0.3 is 0 Å². The number of nitrogens with one attached hydrogen (secondary N) is 2. The maximum atomic E-state index is 7.82. The third-order valence-corrected chi connectivity index (χ3v) is 70.0. The topological polar surface area (TPSA) is 94.3 Å². The molecule has 0 amide bonds. The summed E-state index contributed by atoms with van der Waals surface area (Å²) in [6.07, 6.45) is 8.69. The van der Waals surface area contributed by atoms with Gasteiger partial charge in [0.15, 0.2) is 0 Å². The van der Waals surface area contributed by atoms with Gasteiger partial charge in [0.25, 0.3) is 0 Å². The summed E-state index contributed by atoms with van der Waals surface area (Å²) in [4.78, 5) is 20.0. The van der Waals surface area contributed by atoms with Crippen LogP contribution in [-0.4, -0.2) is 95.1 Å². The monoisotopic (exact) mass is 2080 g/mol. The van der Waals surface area contributed by atoms with Gasteiger partial charge in [0.05, 0.1) is 0 Å². The molecule has 0 aliphatic carbocycles. The fourth-order valence-corrected chi connectivity index (χ4v) is 62.4. The van der Waals surface area contributed by atoms with Crippen molar-refractivity contribution < 1.29 is 12.3 Å². The Bertz CT molecular complexity index is 6080. The van der Waals surface area contributed by atoms with E-state index >= 15 is 0 Å². The molecule has 5 heterocycles. The Morgan fingerprint density at radius 1 is 0.148 bits per heavy atom. The summed E-state index contributed by atoms with van der Waals surface area (Å²) < 4.78 is 45.8. The Balaban J connectivity index is 0.780. The molecule has 0 unspecified atom stereocenters. The molecule has 3 aromatic heterocycles. The normalized spacial score (nSPS) is 12.0. The van der Waals surface area contributed by atoms with Crippen LogP contribution in [0.2, 0.25) is 0 Å². The number of H-pyrrole nitrogens is 2. The zero-order chi connectivity index (χ0) is 85.5. The minimum atomic E-state index is -4.35. The molecule has 19 aromatic rings. The maximum absolute atomic E-state index is 7.82. The first-order chi connectivity index (χ1) is 63.4. The number of fused-ring (bicyclic) bond motifs is 8. The van der Waals surface area contributed by atoms with Crippen molar-refractivity contribution in [2.24, 2.45) is 0 Å². The fraction of sp³-hybridized carbons (Fsp3) is 0. The van der Waals surface area contributed by atoms with Gasteiger partial charge in [0.2, 0.25) is 0 Å². The molecular weight excluding hydrogens is 1990 g/mol. The average molecular weight is 2070 g/mol. The molecule has 128 heavy (non-hydrogen) atoms. The molecule has 2 aliphatic heterocycles. The molecule has 0 spiro atoms. The van der Waals surface area contributed by atoms with Gasteiger partial charge >= 0.3 is 772 Å². The molecule has 0 fully saturated rings. The summed E-state index contributed by atoms with van der Waals surface area (Å²) in [5.41, 5.74) is 13.9. The average Bonchev–Trinajstić information content (AvgIpc) is 1.13. The standard InChI is InChI=1S/C44H30N4O4.12C6H5.4Sn/c49-29-9-1-25(2-10-29)41-33-17-19-35(45-33)42(26-3-11-30(50)12-4-26)37-21-23-39(47-37)44(28-7-15-32(52)16-8-28)40-24-22-38(48-40)43(36-20-18-34(41)46-36)27-5-13-31(51)14-6-27;12*1-2-4-6-5-3-1;;;;/h1-24,45,48-52H;12*1-5H;;;;/q;;;;;;;;;;;;;4*+1/p-4. The van der Waals surface area contributed by atoms with E-state index in [0.29, 0.717) is 0 Å². The molecule has 8 bridgehead atoms. The predicted molar refractivity (Wildman–Crippen MR) is 539 cm³/mol. The van der Waals surface area contributed by atoms with E-state index in [1.54, 1.807) is 0 Å². The first-order valence-corrected chi connectivity index (χ1v) is 65.2. The third kappa shape index (κ3) is 15.7. The van der Waals surface area contributed by atoms with Crippen LogP contribution in [0.25, 0.3) is 90.9 Å². The van der Waals surface area contributed by atoms with E-state index in [9.17, 15) is 0 Å². The van der Waals surface area contributed by atoms with E-state index in [2.05, 4.69) is 520 Å². The van der Waals surface area contributed by atoms with Crippen LogP contribution in [0, 0.1) is 0 Å². The van der Waals surface area contributed by atoms with Gasteiger partial charge in [-0.25, -0.2) is 0 Å². The molecule has 0 atom stereocenters. The van der Waals surface area contributed by atoms with E-state index in [4.69, 9.17) is 22.3 Å². The summed E-state index contributed by atoms with van der Waals surface area (Å²) in [6.45, 7) is 0. The van der Waals surface area contributed by atoms with Crippen LogP contribution >= 0.6 is 0 Å². The molecule has 0 radical (unpaired) electrons. The molecule has 2 N–H and O–H groups in total. The zero-order valence-corrected chi connectivity index (χ0v) is 81.4. The molecular formula is C116H86N4O4Sn4. The van der Waals surface area contributed by atoms with E-state index in [1.165, 1.54) is 43.0 Å². The molecule has 12 heteroatoms. The minimum absolute atomic E-state index is 0.772. The molecule has 8 nitrogen and oxygen atoms in total. The molecule has 16 aromatic carbocycles. The number of nitrogens with zero attached hydrogens (tertiary/aromatic N) is 2. The van der Waals surface area contributed by atoms with Gasteiger partial charge in [-0.2, -0.15) is 0 Å². The number of benzene rings is 16. The third-order valence-electron chi connectivity index (χ3n) is 24.6. The van der Waals surface area contributed by atoms with Crippen LogP contribution in [0.5, 0.6) is 23.0 Å². The van der Waals surface area contributed by atoms with E-state index in [1.807, 2.05) is 0 Å². The second-order valence-corrected chi connectivity index (χ2v) is 69.8. The SMILES string of the molecule is C1=Cc2nc1c(-c1ccc([O][Sn]([c]3ccccc3)([c]3ccccc3)[c]3ccccc3)cc1)c1ccc([nH]1)c(-c1ccc([O][Sn]([c]3ccccc3)([c]3ccccc3)[c]3ccccc3)cc1)c1nc(c(-c3ccc([O][Sn]([c]4ccccc4)([c]4ccccc4)[c]4ccccc4)cc3)c3ccc([nH]3)c2-c2ccc([O][Sn]([c]3ccccc3)([c]3ccccc3)[c]3ccccc3)cc2)C=C1. The fourth-order valence-electron chi connectivity index (χ4n) is 18.7. The molecule has 610 valence electrons. The van der Waals surface area contributed by atoms with Gasteiger partial charge in [-0.3, -0.25) is 0 Å². The van der Waals surface area contributed by atoms with Gasteiger partial charge in [-0.15, -0.1) is 0 Å². The Morgan fingerprint density at radius 2 is 0.281 bits per heavy atom. The van der Waals surface area contributed by atoms with Crippen LogP contribution in [0.3, 0.4) is 0 Å². The van der Waals surface area contributed by atoms with Gasteiger partial charge in [0, 0.05) is 0 Å². The molecule has 0 saturated carbocycles. The van der Waals surface area contributed by atoms with E-state index < -0.39 is 75.2 Å². The van der Waals surface area contributed by atoms with Gasteiger partial charge in [0.1, 0.15) is 0 Å². The first-order valence-electron chi connectivity index (χ1n) is 43.4. The zero-order valence-electron chi connectivity index (χ0n) is 70.0. The van der Waals surface area contributed by atoms with Crippen LogP contribution in [-0.2, 0) is 0 Å². The number of rotatable bonds is 24. The summed E-state index contributed by atoms with van der Waals surface area (Å²) in [7, 11) is 0. The van der Waals surface area contributed by atoms with E-state index in [-0.39, 0.29) is 0 Å². The summed E-state index contributed by atoms with van der Waals surface area (Å²) in [6, 6.07) is 174. The van der Waals surface area contributed by atoms with Crippen molar-refractivity contribution in [1.29, 1.82) is 0 Å². The Labute approximate surface area is 764 Å². The summed E-state index contributed by atoms with van der Waals surface area (Å²) in [5.74, 6) is 3.11. The van der Waals surface area contributed by atoms with Crippen LogP contribution in [0.1, 0.15) is 22.8 Å². The quantitative estimate of drug-likeness (QED) is 0.0586. The predicted octanol–water partition coefficient (Wildman–Crippen LogP) is 19.5. The van der Waals surface area contributed by atoms with Crippen molar-refractivity contribution >= 4 is 164 Å². The van der Waals surface area contributed by atoms with Crippen molar-refractivity contribution in [3.8, 4) is 67.5 Å². The van der Waals surface area contributed by atoms with Crippen molar-refractivity contribution in [3.05, 3.63) is 508 Å². The molecule has 21 rings (SSSR count). The van der Waals surface area contributed by atoms with Crippen molar-refractivity contribution in [3.63, 3.8) is 0 Å². The summed E-state index contributed by atoms with van der Waals surface area (Å²) in [5, 5.41) is 0. The van der Waals surface area contributed by atoms with Crippen LogP contribution in [0.15, 0.2) is 485 Å². The Morgan fingerprint density at radius 3 is 0.414 bits per heavy atom. The molecule has 2 aliphatic rings. The van der Waals surface area contributed by atoms with Crippen LogP contribution in [0.4, 0.5) is 0 Å². The van der Waals surface area contributed by atoms with Gasteiger partial charge in [-0.1, -0.05) is 0 Å². The van der Waals surface area contributed by atoms with Gasteiger partial charge in [-0.05, 0) is 0 Å². The first kappa shape index (κ1) is 81.6. The van der Waals surface area contributed by atoms with Crippen LogP contribution < -0.4 is 55.2 Å². The second kappa shape index (κ2) is 36.5. The number of aromatic nitrogens is 4. The summed E-state index contributed by atoms with van der Waals surface area (Å²) >= 11 is -17.4. The number of hydrogen-bond acceptors (Lipinski definition) is 6. The number of hydrogen-bond donors (Lipinski definition) is 2. The Hall–Kier alpha value is -13.5. The molecule has 0 saturated heterocycles. The van der Waals surface area contributed by atoms with Crippen molar-refractivity contribution in [2.75, 3.05) is 0 Å². The van der Waals surface area contributed by atoms with Crippen molar-refractivity contribution in [1.82, 2.24) is 19.9 Å². The Kier molecular flexibility index (Phi) is 23.2. The van der Waals surface area contributed by atoms with Crippen molar-refractivity contribution in [2.45, 2.75) is 0 Å². The number of aromatic amines is 2. The second-order valence-electron chi connectivity index (χ2n) is 32.1.